The van der Waals surface area contributed by atoms with Crippen molar-refractivity contribution >= 4 is 9.84 Å². The lowest BCUT2D eigenvalue weighted by molar-refractivity contribution is 0.310. The van der Waals surface area contributed by atoms with Crippen molar-refractivity contribution in [1.29, 1.82) is 0 Å². The molecule has 0 N–H and O–H groups in total. The second kappa shape index (κ2) is 7.08. The summed E-state index contributed by atoms with van der Waals surface area (Å²) in [7, 11) is -1.66. The van der Waals surface area contributed by atoms with Crippen LogP contribution in [-0.2, 0) is 22.6 Å². The lowest BCUT2D eigenvalue weighted by Crippen LogP contribution is -2.19. The minimum Gasteiger partial charge on any atom is -0.464 e. The van der Waals surface area contributed by atoms with Crippen molar-refractivity contribution in [3.05, 3.63) is 34.0 Å². The van der Waals surface area contributed by atoms with E-state index < -0.39 is 9.84 Å². The molecule has 0 bridgehead atoms. The lowest BCUT2D eigenvalue weighted by atomic mass is 10.2. The number of rotatable bonds is 6. The van der Waals surface area contributed by atoms with Gasteiger partial charge in [-0.2, -0.15) is 9.97 Å². The van der Waals surface area contributed by atoms with E-state index in [4.69, 9.17) is 4.74 Å². The highest BCUT2D eigenvalue weighted by Crippen LogP contribution is 2.18. The number of pyridine rings is 1. The Balaban J connectivity index is 2.57. The fourth-order valence-electron chi connectivity index (χ4n) is 2.08. The van der Waals surface area contributed by atoms with Crippen LogP contribution in [-0.4, -0.2) is 40.3 Å². The summed E-state index contributed by atoms with van der Waals surface area (Å²) in [5.41, 5.74) is 1.01. The largest absolute Gasteiger partial charge is 0.464 e. The third-order valence-electron chi connectivity index (χ3n) is 3.34. The fourth-order valence-corrected chi connectivity index (χ4v) is 2.81. The van der Waals surface area contributed by atoms with Gasteiger partial charge < -0.3 is 9.30 Å². The molecule has 2 aromatic heterocycles. The molecule has 0 saturated heterocycles. The third-order valence-corrected chi connectivity index (χ3v) is 4.92. The lowest BCUT2D eigenvalue weighted by Gasteiger charge is -2.09. The van der Waals surface area contributed by atoms with E-state index in [2.05, 4.69) is 15.0 Å². The number of nitrogens with zero attached hydrogens (tertiary/aromatic N) is 4. The number of aryl methyl sites for hydroxylation is 2. The van der Waals surface area contributed by atoms with E-state index in [1.807, 2.05) is 0 Å². The fraction of sp³-hybridized carbons (Fsp3) is 0.467. The Morgan fingerprint density at radius 1 is 1.21 bits per heavy atom. The van der Waals surface area contributed by atoms with Gasteiger partial charge in [0.15, 0.2) is 21.5 Å². The first-order chi connectivity index (χ1) is 11.3. The second-order valence-electron chi connectivity index (χ2n) is 5.30. The van der Waals surface area contributed by atoms with E-state index >= 15 is 0 Å². The van der Waals surface area contributed by atoms with Gasteiger partial charge >= 0.3 is 6.01 Å². The van der Waals surface area contributed by atoms with Crippen molar-refractivity contribution in [3.8, 4) is 17.4 Å². The molecule has 24 heavy (non-hydrogen) atoms. The van der Waals surface area contributed by atoms with Crippen LogP contribution in [0.15, 0.2) is 17.1 Å². The van der Waals surface area contributed by atoms with Crippen molar-refractivity contribution in [2.24, 2.45) is 7.05 Å². The summed E-state index contributed by atoms with van der Waals surface area (Å²) in [6.07, 6.45) is 1.60. The predicted molar refractivity (Wildman–Crippen MR) is 89.6 cm³/mol. The first kappa shape index (κ1) is 18.1. The maximum Gasteiger partial charge on any atom is 0.320 e. The Kier molecular flexibility index (Phi) is 5.33. The van der Waals surface area contributed by atoms with Crippen molar-refractivity contribution in [1.82, 2.24) is 19.5 Å². The normalized spacial score (nSPS) is 11.5. The number of hydrogen-bond acceptors (Lipinski definition) is 7. The smallest absolute Gasteiger partial charge is 0.320 e. The van der Waals surface area contributed by atoms with E-state index in [1.54, 1.807) is 40.1 Å². The average Bonchev–Trinajstić information content (AvgIpc) is 2.51. The van der Waals surface area contributed by atoms with Crippen LogP contribution in [0.1, 0.15) is 25.2 Å². The molecule has 0 fully saturated rings. The molecule has 0 aliphatic carbocycles. The first-order valence-electron chi connectivity index (χ1n) is 7.51. The molecule has 8 nitrogen and oxygen atoms in total. The molecule has 0 amide bonds. The van der Waals surface area contributed by atoms with Crippen LogP contribution in [0.2, 0.25) is 0 Å². The molecule has 0 radical (unpaired) electrons. The highest BCUT2D eigenvalue weighted by molar-refractivity contribution is 7.90. The van der Waals surface area contributed by atoms with E-state index in [9.17, 15) is 13.2 Å². The van der Waals surface area contributed by atoms with Crippen molar-refractivity contribution < 1.29 is 13.2 Å². The van der Waals surface area contributed by atoms with Gasteiger partial charge in [-0.3, -0.25) is 4.79 Å². The SMILES string of the molecule is CCOc1nc(CS(=O)(=O)CC)nc(-c2cc(C)c(=O)n(C)c2)n1. The minimum atomic E-state index is -3.29. The molecule has 0 atom stereocenters. The average molecular weight is 352 g/mol. The molecule has 2 aromatic rings. The van der Waals surface area contributed by atoms with Gasteiger partial charge in [0.2, 0.25) is 0 Å². The van der Waals surface area contributed by atoms with Crippen LogP contribution in [0.4, 0.5) is 0 Å². The van der Waals surface area contributed by atoms with E-state index in [0.717, 1.165) is 0 Å². The maximum absolute atomic E-state index is 11.9. The summed E-state index contributed by atoms with van der Waals surface area (Å²) in [4.78, 5) is 24.3. The molecular formula is C15H20N4O4S. The Labute approximate surface area is 140 Å². The molecule has 130 valence electrons. The number of aromatic nitrogens is 4. The highest BCUT2D eigenvalue weighted by atomic mass is 32.2. The standard InChI is InChI=1S/C15H20N4O4S/c1-5-23-15-17-12(9-24(21,22)6-2)16-13(18-15)11-7-10(3)14(20)19(4)8-11/h7-8H,5-6,9H2,1-4H3. The summed E-state index contributed by atoms with van der Waals surface area (Å²) in [5, 5.41) is 0. The number of ether oxygens (including phenoxy) is 1. The van der Waals surface area contributed by atoms with Gasteiger partial charge in [0, 0.05) is 30.1 Å². The van der Waals surface area contributed by atoms with Crippen LogP contribution in [0, 0.1) is 6.92 Å². The zero-order chi connectivity index (χ0) is 17.9. The second-order valence-corrected chi connectivity index (χ2v) is 7.65. The van der Waals surface area contributed by atoms with Crippen molar-refractivity contribution in [3.63, 3.8) is 0 Å². The highest BCUT2D eigenvalue weighted by Gasteiger charge is 2.16. The Morgan fingerprint density at radius 3 is 2.50 bits per heavy atom. The summed E-state index contributed by atoms with van der Waals surface area (Å²) in [5.74, 6) is 0.103. The molecule has 0 saturated carbocycles. The topological polar surface area (TPSA) is 104 Å². The van der Waals surface area contributed by atoms with Crippen LogP contribution in [0.25, 0.3) is 11.4 Å². The molecule has 2 heterocycles. The molecule has 0 aliphatic rings. The summed E-state index contributed by atoms with van der Waals surface area (Å²) in [6, 6.07) is 1.72. The quantitative estimate of drug-likeness (QED) is 0.760. The van der Waals surface area contributed by atoms with E-state index in [1.165, 1.54) is 4.57 Å². The van der Waals surface area contributed by atoms with Crippen LogP contribution >= 0.6 is 0 Å². The van der Waals surface area contributed by atoms with Gasteiger partial charge in [-0.1, -0.05) is 6.92 Å². The Morgan fingerprint density at radius 2 is 1.92 bits per heavy atom. The van der Waals surface area contributed by atoms with E-state index in [0.29, 0.717) is 17.7 Å². The monoisotopic (exact) mass is 352 g/mol. The summed E-state index contributed by atoms with van der Waals surface area (Å²) < 4.78 is 30.4. The van der Waals surface area contributed by atoms with Gasteiger partial charge in [0.1, 0.15) is 5.75 Å². The van der Waals surface area contributed by atoms with Gasteiger partial charge in [-0.05, 0) is 19.9 Å². The first-order valence-corrected chi connectivity index (χ1v) is 9.33. The number of hydrogen-bond donors (Lipinski definition) is 0. The Bertz CT molecular complexity index is 880. The number of sulfone groups is 1. The molecule has 2 rings (SSSR count). The van der Waals surface area contributed by atoms with Crippen LogP contribution in [0.5, 0.6) is 6.01 Å². The Hall–Kier alpha value is -2.29. The van der Waals surface area contributed by atoms with Crippen molar-refractivity contribution in [2.75, 3.05) is 12.4 Å². The van der Waals surface area contributed by atoms with Gasteiger partial charge in [-0.25, -0.2) is 13.4 Å². The molecule has 0 unspecified atom stereocenters. The minimum absolute atomic E-state index is 0.00304. The molecule has 9 heteroatoms. The van der Waals surface area contributed by atoms with Crippen LogP contribution in [0.3, 0.4) is 0 Å². The van der Waals surface area contributed by atoms with Crippen LogP contribution < -0.4 is 10.3 Å². The summed E-state index contributed by atoms with van der Waals surface area (Å²) >= 11 is 0. The van der Waals surface area contributed by atoms with Gasteiger partial charge in [-0.15, -0.1) is 0 Å². The molecule has 0 spiro atoms. The molecule has 0 aromatic carbocycles. The predicted octanol–water partition coefficient (Wildman–Crippen LogP) is 0.879. The zero-order valence-electron chi connectivity index (χ0n) is 14.1. The molecule has 0 aliphatic heterocycles. The maximum atomic E-state index is 11.9. The summed E-state index contributed by atoms with van der Waals surface area (Å²) in [6.45, 7) is 5.38. The van der Waals surface area contributed by atoms with Gasteiger partial charge in [0.25, 0.3) is 5.56 Å². The third kappa shape index (κ3) is 4.16. The molecular weight excluding hydrogens is 332 g/mol. The zero-order valence-corrected chi connectivity index (χ0v) is 14.9. The van der Waals surface area contributed by atoms with Crippen molar-refractivity contribution in [2.45, 2.75) is 26.5 Å². The van der Waals surface area contributed by atoms with E-state index in [-0.39, 0.29) is 34.7 Å². The van der Waals surface area contributed by atoms with Gasteiger partial charge in [0.05, 0.1) is 6.61 Å².